The molecule has 24 heavy (non-hydrogen) atoms. The van der Waals surface area contributed by atoms with Crippen molar-refractivity contribution in [3.8, 4) is 11.5 Å². The van der Waals surface area contributed by atoms with E-state index in [0.29, 0.717) is 31.3 Å². The lowest BCUT2D eigenvalue weighted by Crippen LogP contribution is -2.46. The summed E-state index contributed by atoms with van der Waals surface area (Å²) in [6.07, 6.45) is 0. The van der Waals surface area contributed by atoms with E-state index in [0.717, 1.165) is 41.9 Å². The molecule has 128 valence electrons. The molecule has 0 radical (unpaired) electrons. The number of piperazine rings is 1. The van der Waals surface area contributed by atoms with Crippen LogP contribution in [0.15, 0.2) is 28.8 Å². The molecule has 0 aliphatic carbocycles. The highest BCUT2D eigenvalue weighted by atomic mass is 127. The zero-order valence-electron chi connectivity index (χ0n) is 13.2. The van der Waals surface area contributed by atoms with Gasteiger partial charge in [-0.05, 0) is 40.8 Å². The molecule has 0 N–H and O–H groups in total. The van der Waals surface area contributed by atoms with Crippen molar-refractivity contribution >= 4 is 29.1 Å². The summed E-state index contributed by atoms with van der Waals surface area (Å²) in [5.74, 6) is 1.27. The molecule has 1 aliphatic rings. The van der Waals surface area contributed by atoms with Crippen LogP contribution in [0.1, 0.15) is 5.82 Å². The highest BCUT2D eigenvalue weighted by molar-refractivity contribution is 14.1. The zero-order valence-corrected chi connectivity index (χ0v) is 15.4. The van der Waals surface area contributed by atoms with Crippen LogP contribution >= 0.6 is 22.6 Å². The Kier molecular flexibility index (Phi) is 6.16. The molecule has 1 aromatic carbocycles. The van der Waals surface area contributed by atoms with E-state index >= 15 is 0 Å². The first-order chi connectivity index (χ1) is 11.7. The molecule has 0 saturated carbocycles. The number of benzene rings is 1. The van der Waals surface area contributed by atoms with Gasteiger partial charge in [0.15, 0.2) is 5.82 Å². The highest BCUT2D eigenvalue weighted by Gasteiger charge is 2.19. The van der Waals surface area contributed by atoms with E-state index < -0.39 is 0 Å². The van der Waals surface area contributed by atoms with Crippen molar-refractivity contribution in [2.75, 3.05) is 39.3 Å². The lowest BCUT2D eigenvalue weighted by Gasteiger charge is -2.33. The van der Waals surface area contributed by atoms with Gasteiger partial charge in [0.05, 0.1) is 6.54 Å². The SMILES string of the molecule is O=COCCN1CCN(Cc2noc(-c3cccc(I)c3)n2)CC1. The molecule has 3 rings (SSSR count). The van der Waals surface area contributed by atoms with Crippen LogP contribution in [0.4, 0.5) is 0 Å². The van der Waals surface area contributed by atoms with E-state index in [1.807, 2.05) is 24.3 Å². The fourth-order valence-electron chi connectivity index (χ4n) is 2.66. The molecular weight excluding hydrogens is 423 g/mol. The lowest BCUT2D eigenvalue weighted by atomic mass is 10.2. The Morgan fingerprint density at radius 2 is 2.04 bits per heavy atom. The van der Waals surface area contributed by atoms with Gasteiger partial charge in [0.2, 0.25) is 0 Å². The topological polar surface area (TPSA) is 71.7 Å². The second-order valence-electron chi connectivity index (χ2n) is 5.61. The maximum absolute atomic E-state index is 10.2. The molecule has 1 fully saturated rings. The molecule has 0 amide bonds. The lowest BCUT2D eigenvalue weighted by molar-refractivity contribution is -0.129. The van der Waals surface area contributed by atoms with Crippen molar-refractivity contribution in [1.29, 1.82) is 0 Å². The molecule has 1 aromatic heterocycles. The molecule has 1 saturated heterocycles. The third-order valence-corrected chi connectivity index (χ3v) is 4.63. The second kappa shape index (κ2) is 8.54. The minimum absolute atomic E-state index is 0.452. The number of hydrogen-bond acceptors (Lipinski definition) is 7. The Labute approximate surface area is 154 Å². The minimum atomic E-state index is 0.452. The summed E-state index contributed by atoms with van der Waals surface area (Å²) in [4.78, 5) is 19.2. The van der Waals surface area contributed by atoms with Gasteiger partial charge >= 0.3 is 0 Å². The van der Waals surface area contributed by atoms with Crippen LogP contribution in [0, 0.1) is 3.57 Å². The van der Waals surface area contributed by atoms with Crippen LogP contribution in [0.2, 0.25) is 0 Å². The summed E-state index contributed by atoms with van der Waals surface area (Å²) in [6.45, 7) is 6.19. The minimum Gasteiger partial charge on any atom is -0.467 e. The van der Waals surface area contributed by atoms with Gasteiger partial charge in [-0.1, -0.05) is 11.2 Å². The van der Waals surface area contributed by atoms with E-state index in [4.69, 9.17) is 9.26 Å². The van der Waals surface area contributed by atoms with Crippen molar-refractivity contribution in [3.05, 3.63) is 33.7 Å². The van der Waals surface area contributed by atoms with Crippen LogP contribution < -0.4 is 0 Å². The van der Waals surface area contributed by atoms with Crippen molar-refractivity contribution in [1.82, 2.24) is 19.9 Å². The summed E-state index contributed by atoms with van der Waals surface area (Å²) in [5.41, 5.74) is 0.945. The monoisotopic (exact) mass is 442 g/mol. The Balaban J connectivity index is 1.50. The molecule has 7 nitrogen and oxygen atoms in total. The number of hydrogen-bond donors (Lipinski definition) is 0. The summed E-state index contributed by atoms with van der Waals surface area (Å²) >= 11 is 2.27. The second-order valence-corrected chi connectivity index (χ2v) is 6.86. The average Bonchev–Trinajstić information content (AvgIpc) is 3.05. The van der Waals surface area contributed by atoms with Gasteiger partial charge in [-0.25, -0.2) is 0 Å². The van der Waals surface area contributed by atoms with Crippen LogP contribution in [-0.2, 0) is 16.1 Å². The van der Waals surface area contributed by atoms with Gasteiger partial charge in [-0.15, -0.1) is 0 Å². The molecule has 2 heterocycles. The number of aromatic nitrogens is 2. The largest absolute Gasteiger partial charge is 0.467 e. The summed E-state index contributed by atoms with van der Waals surface area (Å²) in [7, 11) is 0. The van der Waals surface area contributed by atoms with Gasteiger partial charge in [0, 0.05) is 41.9 Å². The van der Waals surface area contributed by atoms with E-state index in [9.17, 15) is 4.79 Å². The zero-order chi connectivity index (χ0) is 16.8. The third-order valence-electron chi connectivity index (χ3n) is 3.96. The molecule has 2 aromatic rings. The van der Waals surface area contributed by atoms with Gasteiger partial charge in [0.1, 0.15) is 6.61 Å². The van der Waals surface area contributed by atoms with E-state index in [1.54, 1.807) is 0 Å². The number of ether oxygens (including phenoxy) is 1. The standard InChI is InChI=1S/C16H19IN4O3/c17-14-3-1-2-13(10-14)16-18-15(19-24-16)11-21-6-4-20(5-7-21)8-9-23-12-22/h1-3,10,12H,4-9,11H2. The highest BCUT2D eigenvalue weighted by Crippen LogP contribution is 2.20. The van der Waals surface area contributed by atoms with Gasteiger partial charge in [-0.3, -0.25) is 14.6 Å². The first-order valence-corrected chi connectivity index (χ1v) is 8.91. The number of nitrogens with zero attached hydrogens (tertiary/aromatic N) is 4. The van der Waals surface area contributed by atoms with E-state index in [2.05, 4.69) is 42.5 Å². The maximum Gasteiger partial charge on any atom is 0.293 e. The average molecular weight is 442 g/mol. The summed E-state index contributed by atoms with van der Waals surface area (Å²) in [6, 6.07) is 8.01. The molecule has 1 aliphatic heterocycles. The molecule has 8 heteroatoms. The predicted octanol–water partition coefficient (Wildman–Crippen LogP) is 1.63. The molecule has 0 atom stereocenters. The first-order valence-electron chi connectivity index (χ1n) is 7.83. The summed E-state index contributed by atoms with van der Waals surface area (Å²) < 4.78 is 11.3. The van der Waals surface area contributed by atoms with Crippen molar-refractivity contribution in [2.24, 2.45) is 0 Å². The molecule has 0 unspecified atom stereocenters. The maximum atomic E-state index is 10.2. The number of halogens is 1. The van der Waals surface area contributed by atoms with Crippen LogP contribution in [-0.4, -0.2) is 65.7 Å². The Bertz CT molecular complexity index is 671. The number of carbonyl (C=O) groups excluding carboxylic acids is 1. The van der Waals surface area contributed by atoms with Crippen LogP contribution in [0.3, 0.4) is 0 Å². The van der Waals surface area contributed by atoms with E-state index in [-0.39, 0.29) is 0 Å². The fourth-order valence-corrected chi connectivity index (χ4v) is 3.20. The van der Waals surface area contributed by atoms with E-state index in [1.165, 1.54) is 0 Å². The number of carbonyl (C=O) groups is 1. The number of rotatable bonds is 7. The Morgan fingerprint density at radius 1 is 1.25 bits per heavy atom. The molecular formula is C16H19IN4O3. The molecule has 0 bridgehead atoms. The van der Waals surface area contributed by atoms with Crippen LogP contribution in [0.5, 0.6) is 0 Å². The van der Waals surface area contributed by atoms with Crippen molar-refractivity contribution < 1.29 is 14.1 Å². The third kappa shape index (κ3) is 4.74. The van der Waals surface area contributed by atoms with Gasteiger partial charge in [-0.2, -0.15) is 4.98 Å². The van der Waals surface area contributed by atoms with Gasteiger partial charge < -0.3 is 9.26 Å². The molecule has 0 spiro atoms. The van der Waals surface area contributed by atoms with Crippen LogP contribution in [0.25, 0.3) is 11.5 Å². The Morgan fingerprint density at radius 3 is 2.79 bits per heavy atom. The van der Waals surface area contributed by atoms with Crippen molar-refractivity contribution in [3.63, 3.8) is 0 Å². The van der Waals surface area contributed by atoms with Crippen molar-refractivity contribution in [2.45, 2.75) is 6.54 Å². The smallest absolute Gasteiger partial charge is 0.293 e. The predicted molar refractivity (Wildman–Crippen MR) is 96.2 cm³/mol. The first kappa shape index (κ1) is 17.3. The Hall–Kier alpha value is -1.52. The normalized spacial score (nSPS) is 16.2. The fraction of sp³-hybridized carbons (Fsp3) is 0.438. The summed E-state index contributed by atoms with van der Waals surface area (Å²) in [5, 5.41) is 4.09. The van der Waals surface area contributed by atoms with Gasteiger partial charge in [0.25, 0.3) is 12.4 Å². The quantitative estimate of drug-likeness (QED) is 0.367.